The molecule has 1 atom stereocenters. The molecule has 0 radical (unpaired) electrons. The molecule has 0 saturated carbocycles. The molecule has 0 aliphatic carbocycles. The second-order valence-corrected chi connectivity index (χ2v) is 5.90. The summed E-state index contributed by atoms with van der Waals surface area (Å²) in [7, 11) is 0. The molecule has 0 saturated heterocycles. The van der Waals surface area contributed by atoms with Crippen LogP contribution in [-0.2, 0) is 0 Å². The quantitative estimate of drug-likeness (QED) is 0.468. The first-order chi connectivity index (χ1) is 8.36. The van der Waals surface area contributed by atoms with Crippen LogP contribution in [0, 0.1) is 21.4 Å². The molecule has 5 heteroatoms. The van der Waals surface area contributed by atoms with E-state index < -0.39 is 4.92 Å². The summed E-state index contributed by atoms with van der Waals surface area (Å²) in [6.45, 7) is 6.84. The molecule has 4 nitrogen and oxygen atoms in total. The molecule has 0 spiro atoms. The predicted octanol–water partition coefficient (Wildman–Crippen LogP) is 4.03. The van der Waals surface area contributed by atoms with Crippen molar-refractivity contribution < 1.29 is 9.66 Å². The number of alkyl halides is 1. The van der Waals surface area contributed by atoms with E-state index in [1.165, 1.54) is 6.07 Å². The Morgan fingerprint density at radius 3 is 2.50 bits per heavy atom. The van der Waals surface area contributed by atoms with Crippen molar-refractivity contribution in [2.75, 3.05) is 11.9 Å². The summed E-state index contributed by atoms with van der Waals surface area (Å²) in [6, 6.07) is 6.46. The number of ether oxygens (including phenoxy) is 1. The van der Waals surface area contributed by atoms with Crippen molar-refractivity contribution in [1.82, 2.24) is 0 Å². The van der Waals surface area contributed by atoms with Crippen molar-refractivity contribution in [3.05, 3.63) is 34.4 Å². The smallest absolute Gasteiger partial charge is 0.310 e. The third kappa shape index (κ3) is 3.98. The van der Waals surface area contributed by atoms with Crippen LogP contribution in [0.4, 0.5) is 5.69 Å². The number of para-hydroxylation sites is 2. The fourth-order valence-electron chi connectivity index (χ4n) is 1.45. The summed E-state index contributed by atoms with van der Waals surface area (Å²) in [6.07, 6.45) is 0. The highest BCUT2D eigenvalue weighted by Gasteiger charge is 2.25. The number of rotatable bonds is 5. The summed E-state index contributed by atoms with van der Waals surface area (Å²) in [5, 5.41) is 11.7. The third-order valence-corrected chi connectivity index (χ3v) is 3.69. The highest BCUT2D eigenvalue weighted by molar-refractivity contribution is 9.09. The Balaban J connectivity index is 2.77. The third-order valence-electron chi connectivity index (χ3n) is 2.91. The molecule has 0 aliphatic heterocycles. The number of nitro groups is 1. The Kier molecular flexibility index (Phi) is 5.14. The minimum Gasteiger partial charge on any atom is -0.486 e. The van der Waals surface area contributed by atoms with Gasteiger partial charge < -0.3 is 4.74 Å². The highest BCUT2D eigenvalue weighted by atomic mass is 79.9. The molecule has 1 aromatic rings. The number of benzene rings is 1. The average Bonchev–Trinajstić information content (AvgIpc) is 2.28. The molecule has 0 amide bonds. The SMILES string of the molecule is CC(C)(C)C(CBr)COc1ccccc1[N+](=O)[O-]. The molecule has 0 bridgehead atoms. The molecule has 0 aromatic heterocycles. The van der Waals surface area contributed by atoms with E-state index in [-0.39, 0.29) is 17.0 Å². The van der Waals surface area contributed by atoms with Crippen LogP contribution >= 0.6 is 15.9 Å². The van der Waals surface area contributed by atoms with Crippen molar-refractivity contribution in [2.45, 2.75) is 20.8 Å². The minimum absolute atomic E-state index is 0.0136. The zero-order valence-electron chi connectivity index (χ0n) is 10.9. The summed E-state index contributed by atoms with van der Waals surface area (Å²) in [5.41, 5.74) is 0.104. The maximum atomic E-state index is 10.8. The Hall–Kier alpha value is -1.10. The number of hydrogen-bond acceptors (Lipinski definition) is 3. The van der Waals surface area contributed by atoms with Crippen molar-refractivity contribution in [2.24, 2.45) is 11.3 Å². The maximum absolute atomic E-state index is 10.8. The standard InChI is InChI=1S/C13H18BrNO3/c1-13(2,3)10(8-14)9-18-12-7-5-4-6-11(12)15(16)17/h4-7,10H,8-9H2,1-3H3. The zero-order chi connectivity index (χ0) is 13.8. The molecule has 18 heavy (non-hydrogen) atoms. The molecule has 100 valence electrons. The summed E-state index contributed by atoms with van der Waals surface area (Å²) < 4.78 is 5.61. The van der Waals surface area contributed by atoms with E-state index in [1.807, 2.05) is 0 Å². The van der Waals surface area contributed by atoms with Crippen LogP contribution in [0.1, 0.15) is 20.8 Å². The zero-order valence-corrected chi connectivity index (χ0v) is 12.4. The second kappa shape index (κ2) is 6.18. The van der Waals surface area contributed by atoms with Gasteiger partial charge in [-0.2, -0.15) is 0 Å². The molecule has 1 aromatic carbocycles. The molecule has 0 heterocycles. The second-order valence-electron chi connectivity index (χ2n) is 5.25. The molecule has 0 fully saturated rings. The Morgan fingerprint density at radius 2 is 2.00 bits per heavy atom. The van der Waals surface area contributed by atoms with E-state index in [9.17, 15) is 10.1 Å². The lowest BCUT2D eigenvalue weighted by Gasteiger charge is -2.28. The highest BCUT2D eigenvalue weighted by Crippen LogP contribution is 2.31. The Morgan fingerprint density at radius 1 is 1.39 bits per heavy atom. The Bertz CT molecular complexity index is 415. The molecular formula is C13H18BrNO3. The summed E-state index contributed by atoms with van der Waals surface area (Å²) in [4.78, 5) is 10.4. The summed E-state index contributed by atoms with van der Waals surface area (Å²) >= 11 is 3.46. The molecule has 0 aliphatic rings. The van der Waals surface area contributed by atoms with Gasteiger partial charge in [0, 0.05) is 17.3 Å². The number of nitro benzene ring substituents is 1. The van der Waals surface area contributed by atoms with E-state index in [2.05, 4.69) is 36.7 Å². The van der Waals surface area contributed by atoms with Gasteiger partial charge in [-0.3, -0.25) is 10.1 Å². The van der Waals surface area contributed by atoms with Gasteiger partial charge in [0.1, 0.15) is 0 Å². The van der Waals surface area contributed by atoms with E-state index >= 15 is 0 Å². The monoisotopic (exact) mass is 315 g/mol. The van der Waals surface area contributed by atoms with Gasteiger partial charge in [0.25, 0.3) is 0 Å². The van der Waals surface area contributed by atoms with Crippen molar-refractivity contribution >= 4 is 21.6 Å². The lowest BCUT2D eigenvalue weighted by Crippen LogP contribution is -2.28. The topological polar surface area (TPSA) is 52.4 Å². The van der Waals surface area contributed by atoms with Crippen LogP contribution < -0.4 is 4.74 Å². The number of nitrogens with zero attached hydrogens (tertiary/aromatic N) is 1. The minimum atomic E-state index is -0.421. The van der Waals surface area contributed by atoms with E-state index in [0.717, 1.165) is 5.33 Å². The van der Waals surface area contributed by atoms with Crippen LogP contribution in [-0.4, -0.2) is 16.9 Å². The maximum Gasteiger partial charge on any atom is 0.310 e. The first-order valence-electron chi connectivity index (χ1n) is 5.78. The van der Waals surface area contributed by atoms with E-state index in [1.54, 1.807) is 18.2 Å². The lowest BCUT2D eigenvalue weighted by molar-refractivity contribution is -0.385. The van der Waals surface area contributed by atoms with Gasteiger partial charge >= 0.3 is 5.69 Å². The first-order valence-corrected chi connectivity index (χ1v) is 6.90. The van der Waals surface area contributed by atoms with Crippen LogP contribution in [0.15, 0.2) is 24.3 Å². The fraction of sp³-hybridized carbons (Fsp3) is 0.538. The first kappa shape index (κ1) is 15.0. The van der Waals surface area contributed by atoms with Gasteiger partial charge in [0.05, 0.1) is 11.5 Å². The molecule has 1 unspecified atom stereocenters. The lowest BCUT2D eigenvalue weighted by atomic mass is 9.83. The molecule has 1 rings (SSSR count). The van der Waals surface area contributed by atoms with E-state index in [4.69, 9.17) is 4.74 Å². The van der Waals surface area contributed by atoms with Crippen LogP contribution in [0.5, 0.6) is 5.75 Å². The largest absolute Gasteiger partial charge is 0.486 e. The Labute approximate surface area is 116 Å². The predicted molar refractivity (Wildman–Crippen MR) is 75.3 cm³/mol. The van der Waals surface area contributed by atoms with Crippen LogP contribution in [0.2, 0.25) is 0 Å². The van der Waals surface area contributed by atoms with Gasteiger partial charge in [-0.1, -0.05) is 48.8 Å². The molecule has 0 N–H and O–H groups in total. The normalized spacial score (nSPS) is 13.1. The van der Waals surface area contributed by atoms with Crippen LogP contribution in [0.25, 0.3) is 0 Å². The molecular weight excluding hydrogens is 298 g/mol. The number of halogens is 1. The van der Waals surface area contributed by atoms with Crippen molar-refractivity contribution in [3.63, 3.8) is 0 Å². The van der Waals surface area contributed by atoms with Gasteiger partial charge in [0.15, 0.2) is 5.75 Å². The number of hydrogen-bond donors (Lipinski definition) is 0. The van der Waals surface area contributed by atoms with Gasteiger partial charge in [-0.15, -0.1) is 0 Å². The van der Waals surface area contributed by atoms with Crippen molar-refractivity contribution in [1.29, 1.82) is 0 Å². The average molecular weight is 316 g/mol. The van der Waals surface area contributed by atoms with Crippen LogP contribution in [0.3, 0.4) is 0 Å². The van der Waals surface area contributed by atoms with Gasteiger partial charge in [0.2, 0.25) is 0 Å². The van der Waals surface area contributed by atoms with E-state index in [0.29, 0.717) is 12.4 Å². The fourth-order valence-corrected chi connectivity index (χ4v) is 2.60. The van der Waals surface area contributed by atoms with Crippen molar-refractivity contribution in [3.8, 4) is 5.75 Å². The summed E-state index contributed by atoms with van der Waals surface area (Å²) in [5.74, 6) is 0.620. The van der Waals surface area contributed by atoms with Gasteiger partial charge in [-0.05, 0) is 11.5 Å². The van der Waals surface area contributed by atoms with Gasteiger partial charge in [-0.25, -0.2) is 0 Å².